The van der Waals surface area contributed by atoms with Crippen molar-refractivity contribution in [2.75, 3.05) is 13.1 Å². The van der Waals surface area contributed by atoms with Crippen LogP contribution in [0.25, 0.3) is 0 Å². The third-order valence-electron chi connectivity index (χ3n) is 2.28. The first-order valence-electron chi connectivity index (χ1n) is 5.86. The number of carbonyl (C=O) groups excluding carboxylic acids is 2. The zero-order valence-electron chi connectivity index (χ0n) is 10.3. The molecule has 1 rings (SSSR count). The van der Waals surface area contributed by atoms with E-state index in [-0.39, 0.29) is 24.3 Å². The van der Waals surface area contributed by atoms with E-state index in [1.807, 2.05) is 0 Å². The first-order valence-corrected chi connectivity index (χ1v) is 5.86. The van der Waals surface area contributed by atoms with Crippen LogP contribution < -0.4 is 10.6 Å². The van der Waals surface area contributed by atoms with Crippen LogP contribution in [0.4, 0.5) is 0 Å². The summed E-state index contributed by atoms with van der Waals surface area (Å²) in [6.45, 7) is 2.10. The summed E-state index contributed by atoms with van der Waals surface area (Å²) < 4.78 is 4.88. The van der Waals surface area contributed by atoms with Crippen LogP contribution in [0.1, 0.15) is 30.3 Å². The zero-order chi connectivity index (χ0) is 13.4. The highest BCUT2D eigenvalue weighted by Gasteiger charge is 2.09. The molecule has 1 aromatic heterocycles. The number of hydrogen-bond acceptors (Lipinski definition) is 4. The molecule has 3 N–H and O–H groups in total. The van der Waals surface area contributed by atoms with Crippen LogP contribution in [0.5, 0.6) is 0 Å². The Kier molecular flexibility index (Phi) is 5.93. The van der Waals surface area contributed by atoms with Crippen molar-refractivity contribution in [2.24, 2.45) is 0 Å². The lowest BCUT2D eigenvalue weighted by Crippen LogP contribution is -2.37. The number of furan rings is 1. The zero-order valence-corrected chi connectivity index (χ0v) is 10.3. The number of rotatable bonds is 7. The second kappa shape index (κ2) is 7.50. The number of carbonyl (C=O) groups is 2. The Bertz CT molecular complexity index is 373. The molecule has 0 radical (unpaired) electrons. The van der Waals surface area contributed by atoms with Crippen LogP contribution in [0.15, 0.2) is 22.8 Å². The Morgan fingerprint density at radius 1 is 1.44 bits per heavy atom. The summed E-state index contributed by atoms with van der Waals surface area (Å²) in [5, 5.41) is 14.1. The van der Waals surface area contributed by atoms with Crippen molar-refractivity contribution in [1.29, 1.82) is 0 Å². The van der Waals surface area contributed by atoms with Gasteiger partial charge in [-0.2, -0.15) is 0 Å². The number of aliphatic hydroxyl groups excluding tert-OH is 1. The fraction of sp³-hybridized carbons (Fsp3) is 0.500. The minimum Gasteiger partial charge on any atom is -0.459 e. The molecule has 0 fully saturated rings. The summed E-state index contributed by atoms with van der Waals surface area (Å²) in [6.07, 6.45) is 2.38. The minimum absolute atomic E-state index is 0.0891. The van der Waals surface area contributed by atoms with Gasteiger partial charge in [0, 0.05) is 6.54 Å². The SMILES string of the molecule is CC(O)CCCNC(=O)CNC(=O)c1ccco1. The molecule has 6 heteroatoms. The van der Waals surface area contributed by atoms with Gasteiger partial charge in [0.25, 0.3) is 5.91 Å². The van der Waals surface area contributed by atoms with Gasteiger partial charge in [-0.1, -0.05) is 0 Å². The van der Waals surface area contributed by atoms with Gasteiger partial charge in [-0.15, -0.1) is 0 Å². The van der Waals surface area contributed by atoms with Crippen LogP contribution in [-0.2, 0) is 4.79 Å². The second-order valence-electron chi connectivity index (χ2n) is 4.00. The third-order valence-corrected chi connectivity index (χ3v) is 2.28. The standard InChI is InChI=1S/C12H18N2O4/c1-9(15)4-2-6-13-11(16)8-14-12(17)10-5-3-7-18-10/h3,5,7,9,15H,2,4,6,8H2,1H3,(H,13,16)(H,14,17). The van der Waals surface area contributed by atoms with Crippen LogP contribution in [0.2, 0.25) is 0 Å². The van der Waals surface area contributed by atoms with Crippen molar-refractivity contribution in [1.82, 2.24) is 10.6 Å². The molecule has 1 heterocycles. The molecule has 0 saturated carbocycles. The molecular formula is C12H18N2O4. The smallest absolute Gasteiger partial charge is 0.287 e. The van der Waals surface area contributed by atoms with Crippen LogP contribution in [0.3, 0.4) is 0 Å². The number of aliphatic hydroxyl groups is 1. The Labute approximate surface area is 105 Å². The molecule has 0 aliphatic rings. The number of amides is 2. The Hall–Kier alpha value is -1.82. The molecule has 0 aliphatic heterocycles. The fourth-order valence-corrected chi connectivity index (χ4v) is 1.34. The number of hydrogen-bond donors (Lipinski definition) is 3. The van der Waals surface area contributed by atoms with Crippen LogP contribution in [0, 0.1) is 0 Å². The molecule has 0 aliphatic carbocycles. The van der Waals surface area contributed by atoms with Gasteiger partial charge < -0.3 is 20.2 Å². The molecular weight excluding hydrogens is 236 g/mol. The average Bonchev–Trinajstić information content (AvgIpc) is 2.85. The van der Waals surface area contributed by atoms with E-state index >= 15 is 0 Å². The predicted molar refractivity (Wildman–Crippen MR) is 65.0 cm³/mol. The molecule has 100 valence electrons. The Morgan fingerprint density at radius 3 is 2.83 bits per heavy atom. The fourth-order valence-electron chi connectivity index (χ4n) is 1.34. The topological polar surface area (TPSA) is 91.6 Å². The molecule has 6 nitrogen and oxygen atoms in total. The summed E-state index contributed by atoms with van der Waals surface area (Å²) in [6, 6.07) is 3.13. The van der Waals surface area contributed by atoms with E-state index in [4.69, 9.17) is 9.52 Å². The summed E-state index contributed by atoms with van der Waals surface area (Å²) in [7, 11) is 0. The van der Waals surface area contributed by atoms with Gasteiger partial charge in [-0.05, 0) is 31.9 Å². The van der Waals surface area contributed by atoms with Crippen molar-refractivity contribution >= 4 is 11.8 Å². The highest BCUT2D eigenvalue weighted by molar-refractivity contribution is 5.94. The second-order valence-corrected chi connectivity index (χ2v) is 4.00. The first kappa shape index (κ1) is 14.2. The van der Waals surface area contributed by atoms with Crippen LogP contribution in [-0.4, -0.2) is 36.1 Å². The lowest BCUT2D eigenvalue weighted by Gasteiger charge is -2.07. The highest BCUT2D eigenvalue weighted by atomic mass is 16.3. The molecule has 0 aromatic carbocycles. The summed E-state index contributed by atoms with van der Waals surface area (Å²) in [4.78, 5) is 22.8. The number of nitrogens with one attached hydrogen (secondary N) is 2. The van der Waals surface area contributed by atoms with Crippen molar-refractivity contribution in [3.63, 3.8) is 0 Å². The van der Waals surface area contributed by atoms with E-state index in [1.54, 1.807) is 13.0 Å². The van der Waals surface area contributed by atoms with Crippen molar-refractivity contribution in [3.05, 3.63) is 24.2 Å². The first-order chi connectivity index (χ1) is 8.59. The highest BCUT2D eigenvalue weighted by Crippen LogP contribution is 1.98. The Morgan fingerprint density at radius 2 is 2.22 bits per heavy atom. The molecule has 0 spiro atoms. The molecule has 1 unspecified atom stereocenters. The van der Waals surface area contributed by atoms with E-state index in [9.17, 15) is 9.59 Å². The molecule has 2 amide bonds. The maximum Gasteiger partial charge on any atom is 0.287 e. The van der Waals surface area contributed by atoms with E-state index in [0.29, 0.717) is 19.4 Å². The van der Waals surface area contributed by atoms with Crippen molar-refractivity contribution in [3.8, 4) is 0 Å². The van der Waals surface area contributed by atoms with Gasteiger partial charge >= 0.3 is 0 Å². The Balaban J connectivity index is 2.12. The maximum absolute atomic E-state index is 11.4. The lowest BCUT2D eigenvalue weighted by atomic mass is 10.2. The van der Waals surface area contributed by atoms with Crippen molar-refractivity contribution in [2.45, 2.75) is 25.9 Å². The molecule has 0 saturated heterocycles. The average molecular weight is 254 g/mol. The van der Waals surface area contributed by atoms with Crippen molar-refractivity contribution < 1.29 is 19.1 Å². The van der Waals surface area contributed by atoms with Gasteiger partial charge in [0.15, 0.2) is 5.76 Å². The molecule has 1 aromatic rings. The lowest BCUT2D eigenvalue weighted by molar-refractivity contribution is -0.120. The quantitative estimate of drug-likeness (QED) is 0.610. The third kappa shape index (κ3) is 5.49. The van der Waals surface area contributed by atoms with E-state index in [1.165, 1.54) is 12.3 Å². The van der Waals surface area contributed by atoms with Gasteiger partial charge in [0.05, 0.1) is 18.9 Å². The molecule has 0 bridgehead atoms. The van der Waals surface area contributed by atoms with Gasteiger partial charge in [-0.25, -0.2) is 0 Å². The predicted octanol–water partition coefficient (Wildman–Crippen LogP) is 0.287. The van der Waals surface area contributed by atoms with Gasteiger partial charge in [-0.3, -0.25) is 9.59 Å². The largest absolute Gasteiger partial charge is 0.459 e. The van der Waals surface area contributed by atoms with Gasteiger partial charge in [0.2, 0.25) is 5.91 Å². The maximum atomic E-state index is 11.4. The molecule has 18 heavy (non-hydrogen) atoms. The summed E-state index contributed by atoms with van der Waals surface area (Å²) in [5.41, 5.74) is 0. The van der Waals surface area contributed by atoms with E-state index < -0.39 is 5.91 Å². The van der Waals surface area contributed by atoms with Crippen LogP contribution >= 0.6 is 0 Å². The summed E-state index contributed by atoms with van der Waals surface area (Å²) in [5.74, 6) is -0.503. The minimum atomic E-state index is -0.417. The van der Waals surface area contributed by atoms with E-state index in [2.05, 4.69) is 10.6 Å². The molecule has 1 atom stereocenters. The summed E-state index contributed by atoms with van der Waals surface area (Å²) >= 11 is 0. The van der Waals surface area contributed by atoms with Gasteiger partial charge in [0.1, 0.15) is 0 Å². The monoisotopic (exact) mass is 254 g/mol. The van der Waals surface area contributed by atoms with E-state index in [0.717, 1.165) is 0 Å². The normalized spacial score (nSPS) is 11.9.